The van der Waals surface area contributed by atoms with Crippen LogP contribution in [-0.2, 0) is 11.3 Å². The van der Waals surface area contributed by atoms with Crippen LogP contribution >= 0.6 is 11.3 Å². The van der Waals surface area contributed by atoms with Crippen molar-refractivity contribution < 1.29 is 9.90 Å². The first-order valence-corrected chi connectivity index (χ1v) is 8.56. The molecule has 0 aromatic carbocycles. The molecule has 0 saturated heterocycles. The summed E-state index contributed by atoms with van der Waals surface area (Å²) in [5.74, 6) is -0.125. The molecular weight excluding hydrogens is 314 g/mol. The van der Waals surface area contributed by atoms with Crippen LogP contribution in [0.25, 0.3) is 10.2 Å². The van der Waals surface area contributed by atoms with Gasteiger partial charge in [0.25, 0.3) is 5.56 Å². The lowest BCUT2D eigenvalue weighted by molar-refractivity contribution is -0.123. The van der Waals surface area contributed by atoms with E-state index >= 15 is 0 Å². The number of fused-ring (bicyclic) bond motifs is 1. The molecule has 0 saturated carbocycles. The molecule has 2 aromatic rings. The number of nitrogens with one attached hydrogen (secondary N) is 1. The molecular formula is C16H23N3O3S. The topological polar surface area (TPSA) is 84.2 Å². The standard InChI is InChI=1S/C16H23N3O3S/c1-5-9(2)12(7-20)18-13(21)6-19-8-17-15-14(16(19)22)10(3)11(4)23-15/h8-9,12,20H,5-7H2,1-4H3,(H,18,21)/t9-,12+/m1/s1. The summed E-state index contributed by atoms with van der Waals surface area (Å²) in [6, 6.07) is -0.301. The fourth-order valence-electron chi connectivity index (χ4n) is 2.44. The van der Waals surface area contributed by atoms with E-state index in [1.807, 2.05) is 27.7 Å². The highest BCUT2D eigenvalue weighted by Gasteiger charge is 2.18. The summed E-state index contributed by atoms with van der Waals surface area (Å²) >= 11 is 1.48. The highest BCUT2D eigenvalue weighted by molar-refractivity contribution is 7.18. The first-order chi connectivity index (χ1) is 10.9. The first-order valence-electron chi connectivity index (χ1n) is 7.74. The van der Waals surface area contributed by atoms with Gasteiger partial charge in [-0.05, 0) is 25.3 Å². The molecule has 0 aliphatic rings. The number of hydrogen-bond donors (Lipinski definition) is 2. The molecule has 0 spiro atoms. The van der Waals surface area contributed by atoms with Gasteiger partial charge in [-0.1, -0.05) is 20.3 Å². The lowest BCUT2D eigenvalue weighted by atomic mass is 10.00. The number of amides is 1. The molecule has 2 N–H and O–H groups in total. The molecule has 2 heterocycles. The zero-order valence-electron chi connectivity index (χ0n) is 13.9. The average molecular weight is 337 g/mol. The largest absolute Gasteiger partial charge is 0.394 e. The minimum atomic E-state index is -0.301. The van der Waals surface area contributed by atoms with Gasteiger partial charge in [0.2, 0.25) is 5.91 Å². The SMILES string of the molecule is CC[C@@H](C)[C@H](CO)NC(=O)Cn1cnc2sc(C)c(C)c2c1=O. The summed E-state index contributed by atoms with van der Waals surface area (Å²) in [5.41, 5.74) is 0.723. The van der Waals surface area contributed by atoms with E-state index in [1.54, 1.807) is 0 Å². The quantitative estimate of drug-likeness (QED) is 0.838. The molecule has 7 heteroatoms. The Morgan fingerprint density at radius 3 is 2.78 bits per heavy atom. The monoisotopic (exact) mass is 337 g/mol. The third-order valence-corrected chi connectivity index (χ3v) is 5.46. The number of nitrogens with zero attached hydrogens (tertiary/aromatic N) is 2. The Morgan fingerprint density at radius 1 is 1.48 bits per heavy atom. The molecule has 6 nitrogen and oxygen atoms in total. The van der Waals surface area contributed by atoms with Crippen molar-refractivity contribution in [3.63, 3.8) is 0 Å². The summed E-state index contributed by atoms with van der Waals surface area (Å²) in [6.07, 6.45) is 2.27. The number of hydrogen-bond acceptors (Lipinski definition) is 5. The molecule has 0 aliphatic carbocycles. The lowest BCUT2D eigenvalue weighted by Crippen LogP contribution is -2.44. The van der Waals surface area contributed by atoms with E-state index in [0.717, 1.165) is 16.9 Å². The van der Waals surface area contributed by atoms with E-state index < -0.39 is 0 Å². The molecule has 1 amide bonds. The number of aryl methyl sites for hydroxylation is 2. The molecule has 0 bridgehead atoms. The molecule has 23 heavy (non-hydrogen) atoms. The zero-order valence-corrected chi connectivity index (χ0v) is 14.7. The van der Waals surface area contributed by atoms with Gasteiger partial charge in [0.1, 0.15) is 11.4 Å². The van der Waals surface area contributed by atoms with E-state index in [4.69, 9.17) is 0 Å². The highest BCUT2D eigenvalue weighted by atomic mass is 32.1. The van der Waals surface area contributed by atoms with Crippen LogP contribution in [0, 0.1) is 19.8 Å². The van der Waals surface area contributed by atoms with Gasteiger partial charge in [0.15, 0.2) is 0 Å². The Bertz CT molecular complexity index is 766. The number of aliphatic hydroxyl groups is 1. The summed E-state index contributed by atoms with van der Waals surface area (Å²) in [4.78, 5) is 30.8. The second-order valence-electron chi connectivity index (χ2n) is 5.88. The molecule has 126 valence electrons. The van der Waals surface area contributed by atoms with Gasteiger partial charge in [-0.25, -0.2) is 4.98 Å². The summed E-state index contributed by atoms with van der Waals surface area (Å²) in [7, 11) is 0. The minimum Gasteiger partial charge on any atom is -0.394 e. The van der Waals surface area contributed by atoms with Crippen LogP contribution in [0.4, 0.5) is 0 Å². The maximum atomic E-state index is 12.5. The van der Waals surface area contributed by atoms with Crippen molar-refractivity contribution in [3.8, 4) is 0 Å². The van der Waals surface area contributed by atoms with E-state index in [2.05, 4.69) is 10.3 Å². The predicted octanol–water partition coefficient (Wildman–Crippen LogP) is 1.60. The number of thiophene rings is 1. The van der Waals surface area contributed by atoms with Crippen molar-refractivity contribution in [2.45, 2.75) is 46.7 Å². The number of carbonyl (C=O) groups is 1. The van der Waals surface area contributed by atoms with Crippen molar-refractivity contribution in [2.24, 2.45) is 5.92 Å². The fourth-order valence-corrected chi connectivity index (χ4v) is 3.43. The number of rotatable bonds is 6. The average Bonchev–Trinajstić information content (AvgIpc) is 2.82. The summed E-state index contributed by atoms with van der Waals surface area (Å²) in [5, 5.41) is 12.8. The first kappa shape index (κ1) is 17.6. The summed E-state index contributed by atoms with van der Waals surface area (Å²) < 4.78 is 1.32. The van der Waals surface area contributed by atoms with Gasteiger partial charge in [0, 0.05) is 4.88 Å². The molecule has 0 unspecified atom stereocenters. The van der Waals surface area contributed by atoms with Crippen molar-refractivity contribution in [2.75, 3.05) is 6.61 Å². The maximum absolute atomic E-state index is 12.5. The highest BCUT2D eigenvalue weighted by Crippen LogP contribution is 2.25. The van der Waals surface area contributed by atoms with Gasteiger partial charge < -0.3 is 10.4 Å². The predicted molar refractivity (Wildman–Crippen MR) is 91.8 cm³/mol. The van der Waals surface area contributed by atoms with E-state index in [9.17, 15) is 14.7 Å². The van der Waals surface area contributed by atoms with Gasteiger partial charge in [-0.15, -0.1) is 11.3 Å². The van der Waals surface area contributed by atoms with Crippen LogP contribution in [0.1, 0.15) is 30.7 Å². The normalized spacial score (nSPS) is 14.0. The Balaban J connectivity index is 2.22. The Hall–Kier alpha value is -1.73. The molecule has 2 aromatic heterocycles. The van der Waals surface area contributed by atoms with Crippen LogP contribution in [0.15, 0.2) is 11.1 Å². The third-order valence-electron chi connectivity index (χ3n) is 4.34. The number of aromatic nitrogens is 2. The van der Waals surface area contributed by atoms with E-state index in [-0.39, 0.29) is 36.6 Å². The smallest absolute Gasteiger partial charge is 0.262 e. The Morgan fingerprint density at radius 2 is 2.17 bits per heavy atom. The third kappa shape index (κ3) is 3.61. The molecule has 0 aliphatic heterocycles. The van der Waals surface area contributed by atoms with Gasteiger partial charge >= 0.3 is 0 Å². The molecule has 2 rings (SSSR count). The van der Waals surface area contributed by atoms with Crippen LogP contribution in [0.3, 0.4) is 0 Å². The minimum absolute atomic E-state index is 0.0942. The number of carbonyl (C=O) groups excluding carboxylic acids is 1. The van der Waals surface area contributed by atoms with Crippen molar-refractivity contribution >= 4 is 27.5 Å². The van der Waals surface area contributed by atoms with Crippen LogP contribution in [0.2, 0.25) is 0 Å². The second-order valence-corrected chi connectivity index (χ2v) is 7.09. The van der Waals surface area contributed by atoms with Crippen LogP contribution in [0.5, 0.6) is 0 Å². The summed E-state index contributed by atoms with van der Waals surface area (Å²) in [6.45, 7) is 7.61. The van der Waals surface area contributed by atoms with E-state index in [1.165, 1.54) is 22.2 Å². The van der Waals surface area contributed by atoms with Crippen LogP contribution in [-0.4, -0.2) is 33.2 Å². The van der Waals surface area contributed by atoms with Crippen molar-refractivity contribution in [1.29, 1.82) is 0 Å². The Labute approximate surface area is 139 Å². The lowest BCUT2D eigenvalue weighted by Gasteiger charge is -2.22. The van der Waals surface area contributed by atoms with Gasteiger partial charge in [0.05, 0.1) is 24.4 Å². The molecule has 0 radical (unpaired) electrons. The van der Waals surface area contributed by atoms with Gasteiger partial charge in [-0.2, -0.15) is 0 Å². The van der Waals surface area contributed by atoms with Crippen LogP contribution < -0.4 is 10.9 Å². The molecule has 0 fully saturated rings. The van der Waals surface area contributed by atoms with Crippen molar-refractivity contribution in [1.82, 2.24) is 14.9 Å². The van der Waals surface area contributed by atoms with Gasteiger partial charge in [-0.3, -0.25) is 14.2 Å². The fraction of sp³-hybridized carbons (Fsp3) is 0.562. The Kier molecular flexibility index (Phi) is 5.54. The second kappa shape index (κ2) is 7.23. The number of aliphatic hydroxyl groups excluding tert-OH is 1. The van der Waals surface area contributed by atoms with E-state index in [0.29, 0.717) is 10.2 Å². The molecule has 2 atom stereocenters. The zero-order chi connectivity index (χ0) is 17.1. The maximum Gasteiger partial charge on any atom is 0.262 e. The van der Waals surface area contributed by atoms with Crippen molar-refractivity contribution in [3.05, 3.63) is 27.1 Å².